The van der Waals surface area contributed by atoms with Gasteiger partial charge in [-0.25, -0.2) is 13.1 Å². The predicted molar refractivity (Wildman–Crippen MR) is 97.3 cm³/mol. The van der Waals surface area contributed by atoms with Gasteiger partial charge < -0.3 is 4.90 Å². The van der Waals surface area contributed by atoms with Crippen molar-refractivity contribution >= 4 is 33.2 Å². The van der Waals surface area contributed by atoms with Crippen LogP contribution in [0.4, 0.5) is 11.4 Å². The van der Waals surface area contributed by atoms with Gasteiger partial charge in [0.1, 0.15) is 5.69 Å². The van der Waals surface area contributed by atoms with Crippen LogP contribution < -0.4 is 9.62 Å². The fourth-order valence-electron chi connectivity index (χ4n) is 2.53. The van der Waals surface area contributed by atoms with Crippen LogP contribution >= 0.6 is 11.8 Å². The molecule has 24 heavy (non-hydrogen) atoms. The molecule has 0 aromatic heterocycles. The molecule has 0 atom stereocenters. The summed E-state index contributed by atoms with van der Waals surface area (Å²) in [6.45, 7) is 6.63. The van der Waals surface area contributed by atoms with Gasteiger partial charge in [0, 0.05) is 30.4 Å². The third-order valence-corrected chi connectivity index (χ3v) is 6.26. The van der Waals surface area contributed by atoms with E-state index in [-0.39, 0.29) is 10.6 Å². The number of benzene rings is 1. The SMILES string of the molecule is CC(C)(C)NS(=O)(=O)c1ccc(N2CCCSCC2)c([N+](=O)[O-])c1. The van der Waals surface area contributed by atoms with Crippen molar-refractivity contribution < 1.29 is 13.3 Å². The van der Waals surface area contributed by atoms with Gasteiger partial charge >= 0.3 is 0 Å². The predicted octanol–water partition coefficient (Wildman–Crippen LogP) is 2.61. The van der Waals surface area contributed by atoms with Crippen molar-refractivity contribution in [3.8, 4) is 0 Å². The molecule has 1 aromatic rings. The molecule has 9 heteroatoms. The fraction of sp³-hybridized carbons (Fsp3) is 0.600. The molecule has 1 aromatic carbocycles. The first-order chi connectivity index (χ1) is 11.1. The molecule has 0 spiro atoms. The molecular weight excluding hydrogens is 350 g/mol. The number of rotatable bonds is 4. The van der Waals surface area contributed by atoms with Crippen LogP contribution in [0.2, 0.25) is 0 Å². The zero-order valence-corrected chi connectivity index (χ0v) is 15.7. The lowest BCUT2D eigenvalue weighted by molar-refractivity contribution is -0.384. The van der Waals surface area contributed by atoms with Crippen LogP contribution in [0.15, 0.2) is 23.1 Å². The second-order valence-corrected chi connectivity index (χ2v) is 9.62. The summed E-state index contributed by atoms with van der Waals surface area (Å²) in [5.74, 6) is 1.94. The van der Waals surface area contributed by atoms with E-state index < -0.39 is 20.5 Å². The third kappa shape index (κ3) is 4.84. The molecule has 1 heterocycles. The van der Waals surface area contributed by atoms with Crippen LogP contribution in [0, 0.1) is 10.1 Å². The van der Waals surface area contributed by atoms with E-state index in [1.165, 1.54) is 6.07 Å². The number of anilines is 1. The second-order valence-electron chi connectivity index (χ2n) is 6.72. The maximum atomic E-state index is 12.4. The summed E-state index contributed by atoms with van der Waals surface area (Å²) in [5, 5.41) is 11.5. The highest BCUT2D eigenvalue weighted by Gasteiger charge is 2.27. The molecular formula is C15H23N3O4S2. The minimum Gasteiger partial charge on any atom is -0.365 e. The van der Waals surface area contributed by atoms with Gasteiger partial charge in [0.15, 0.2) is 0 Å². The Morgan fingerprint density at radius 3 is 2.58 bits per heavy atom. The smallest absolute Gasteiger partial charge is 0.293 e. The number of nitro benzene ring substituents is 1. The number of hydrogen-bond donors (Lipinski definition) is 1. The molecule has 1 aliphatic rings. The van der Waals surface area contributed by atoms with Gasteiger partial charge in [-0.3, -0.25) is 10.1 Å². The van der Waals surface area contributed by atoms with E-state index in [9.17, 15) is 18.5 Å². The molecule has 0 unspecified atom stereocenters. The lowest BCUT2D eigenvalue weighted by Crippen LogP contribution is -2.40. The van der Waals surface area contributed by atoms with Crippen molar-refractivity contribution in [2.75, 3.05) is 29.5 Å². The molecule has 0 radical (unpaired) electrons. The Morgan fingerprint density at radius 2 is 1.96 bits per heavy atom. The molecule has 0 amide bonds. The first kappa shape index (κ1) is 19.0. The molecule has 1 N–H and O–H groups in total. The highest BCUT2D eigenvalue weighted by molar-refractivity contribution is 7.99. The molecule has 1 aliphatic heterocycles. The van der Waals surface area contributed by atoms with Crippen LogP contribution in [-0.4, -0.2) is 43.5 Å². The molecule has 0 aliphatic carbocycles. The number of nitrogens with one attached hydrogen (secondary N) is 1. The van der Waals surface area contributed by atoms with E-state index in [2.05, 4.69) is 4.72 Å². The quantitative estimate of drug-likeness (QED) is 0.644. The molecule has 0 saturated carbocycles. The number of hydrogen-bond acceptors (Lipinski definition) is 6. The lowest BCUT2D eigenvalue weighted by atomic mass is 10.1. The van der Waals surface area contributed by atoms with Gasteiger partial charge in [0.25, 0.3) is 5.69 Å². The minimum absolute atomic E-state index is 0.0860. The average molecular weight is 374 g/mol. The Bertz CT molecular complexity index is 706. The second kappa shape index (κ2) is 7.28. The maximum absolute atomic E-state index is 12.4. The van der Waals surface area contributed by atoms with Crippen LogP contribution in [0.5, 0.6) is 0 Å². The molecule has 2 rings (SSSR count). The summed E-state index contributed by atoms with van der Waals surface area (Å²) >= 11 is 1.82. The van der Waals surface area contributed by atoms with Gasteiger partial charge in [0.2, 0.25) is 10.0 Å². The number of sulfonamides is 1. The minimum atomic E-state index is -3.81. The Kier molecular flexibility index (Phi) is 5.77. The van der Waals surface area contributed by atoms with Gasteiger partial charge in [-0.15, -0.1) is 0 Å². The zero-order chi connectivity index (χ0) is 18.0. The van der Waals surface area contributed by atoms with E-state index in [1.807, 2.05) is 16.7 Å². The van der Waals surface area contributed by atoms with Crippen LogP contribution in [-0.2, 0) is 10.0 Å². The number of thioether (sulfide) groups is 1. The topological polar surface area (TPSA) is 92.6 Å². The average Bonchev–Trinajstić information content (AvgIpc) is 2.73. The van der Waals surface area contributed by atoms with Gasteiger partial charge in [-0.2, -0.15) is 11.8 Å². The first-order valence-electron chi connectivity index (χ1n) is 7.75. The Labute approximate surface area is 147 Å². The standard InChI is InChI=1S/C15H23N3O4S2/c1-15(2,3)16-24(21,22)12-5-6-13(14(11-12)18(19)20)17-7-4-9-23-10-8-17/h5-6,11,16H,4,7-10H2,1-3H3. The van der Waals surface area contributed by atoms with E-state index in [0.29, 0.717) is 5.69 Å². The van der Waals surface area contributed by atoms with Gasteiger partial charge in [-0.1, -0.05) is 0 Å². The van der Waals surface area contributed by atoms with Crippen molar-refractivity contribution in [2.24, 2.45) is 0 Å². The maximum Gasteiger partial charge on any atom is 0.293 e. The normalized spacial score (nSPS) is 16.7. The van der Waals surface area contributed by atoms with E-state index >= 15 is 0 Å². The molecule has 1 fully saturated rings. The van der Waals surface area contributed by atoms with E-state index in [0.717, 1.165) is 37.1 Å². The highest BCUT2D eigenvalue weighted by atomic mass is 32.2. The highest BCUT2D eigenvalue weighted by Crippen LogP contribution is 2.32. The summed E-state index contributed by atoms with van der Waals surface area (Å²) in [6, 6.07) is 4.14. The Hall–Kier alpha value is -1.32. The van der Waals surface area contributed by atoms with Crippen molar-refractivity contribution in [1.29, 1.82) is 0 Å². The monoisotopic (exact) mass is 373 g/mol. The van der Waals surface area contributed by atoms with Gasteiger partial charge in [-0.05, 0) is 45.1 Å². The Morgan fingerprint density at radius 1 is 1.25 bits per heavy atom. The van der Waals surface area contributed by atoms with Gasteiger partial charge in [0.05, 0.1) is 9.82 Å². The largest absolute Gasteiger partial charge is 0.365 e. The van der Waals surface area contributed by atoms with Crippen LogP contribution in [0.25, 0.3) is 0 Å². The van der Waals surface area contributed by atoms with Crippen molar-refractivity contribution in [3.05, 3.63) is 28.3 Å². The van der Waals surface area contributed by atoms with E-state index in [1.54, 1.807) is 26.8 Å². The number of nitrogens with zero attached hydrogens (tertiary/aromatic N) is 2. The summed E-state index contributed by atoms with van der Waals surface area (Å²) in [6.07, 6.45) is 0.952. The van der Waals surface area contributed by atoms with Crippen molar-refractivity contribution in [1.82, 2.24) is 4.72 Å². The molecule has 134 valence electrons. The molecule has 7 nitrogen and oxygen atoms in total. The van der Waals surface area contributed by atoms with E-state index in [4.69, 9.17) is 0 Å². The summed E-state index contributed by atoms with van der Waals surface area (Å²) in [4.78, 5) is 12.8. The molecule has 1 saturated heterocycles. The summed E-state index contributed by atoms with van der Waals surface area (Å²) in [5.41, 5.74) is -0.343. The Balaban J connectivity index is 2.41. The third-order valence-electron chi connectivity index (χ3n) is 3.46. The van der Waals surface area contributed by atoms with Crippen LogP contribution in [0.1, 0.15) is 27.2 Å². The van der Waals surface area contributed by atoms with Crippen LogP contribution in [0.3, 0.4) is 0 Å². The number of nitro groups is 1. The fourth-order valence-corrected chi connectivity index (χ4v) is 4.86. The molecule has 0 bridgehead atoms. The summed E-state index contributed by atoms with van der Waals surface area (Å²) < 4.78 is 27.3. The lowest BCUT2D eigenvalue weighted by Gasteiger charge is -2.23. The van der Waals surface area contributed by atoms with Crippen molar-refractivity contribution in [2.45, 2.75) is 37.6 Å². The zero-order valence-electron chi connectivity index (χ0n) is 14.1. The first-order valence-corrected chi connectivity index (χ1v) is 10.4. The summed E-state index contributed by atoms with van der Waals surface area (Å²) in [7, 11) is -3.81. The van der Waals surface area contributed by atoms with Crippen molar-refractivity contribution in [3.63, 3.8) is 0 Å².